The predicted molar refractivity (Wildman–Crippen MR) is 107 cm³/mol. The molecule has 1 aliphatic heterocycles. The molecule has 1 aliphatic rings. The fraction of sp³-hybridized carbons (Fsp3) is 0.348. The number of aliphatic hydroxyl groups is 1. The number of halogens is 1. The van der Waals surface area contributed by atoms with E-state index in [1.165, 1.54) is 12.1 Å². The van der Waals surface area contributed by atoms with Crippen molar-refractivity contribution < 1.29 is 19.0 Å². The highest BCUT2D eigenvalue weighted by molar-refractivity contribution is 5.79. The lowest BCUT2D eigenvalue weighted by atomic mass is 10.1. The lowest BCUT2D eigenvalue weighted by Crippen LogP contribution is -2.32. The maximum atomic E-state index is 13.3. The fourth-order valence-electron chi connectivity index (χ4n) is 3.35. The van der Waals surface area contributed by atoms with Crippen molar-refractivity contribution in [3.05, 3.63) is 72.1 Å². The molecule has 4 nitrogen and oxygen atoms in total. The van der Waals surface area contributed by atoms with Crippen molar-refractivity contribution in [2.75, 3.05) is 6.54 Å². The lowest BCUT2D eigenvalue weighted by Gasteiger charge is -2.22. The Kier molecular flexibility index (Phi) is 6.82. The molecular weight excluding hydrogens is 357 g/mol. The third kappa shape index (κ3) is 5.20. The van der Waals surface area contributed by atoms with Gasteiger partial charge >= 0.3 is 0 Å². The Morgan fingerprint density at radius 1 is 1.25 bits per heavy atom. The lowest BCUT2D eigenvalue weighted by molar-refractivity contribution is -0.128. The van der Waals surface area contributed by atoms with Gasteiger partial charge in [0.15, 0.2) is 0 Å². The van der Waals surface area contributed by atoms with E-state index >= 15 is 0 Å². The molecule has 1 fully saturated rings. The van der Waals surface area contributed by atoms with E-state index in [2.05, 4.69) is 6.92 Å². The number of hydrogen-bond acceptors (Lipinski definition) is 3. The summed E-state index contributed by atoms with van der Waals surface area (Å²) in [6, 6.07) is 13.0. The highest BCUT2D eigenvalue weighted by Gasteiger charge is 2.28. The number of likely N-dealkylation sites (tertiary alicyclic amines) is 1. The minimum absolute atomic E-state index is 0.0421. The van der Waals surface area contributed by atoms with Crippen LogP contribution >= 0.6 is 0 Å². The fourth-order valence-corrected chi connectivity index (χ4v) is 3.35. The van der Waals surface area contributed by atoms with Gasteiger partial charge in [-0.2, -0.15) is 0 Å². The summed E-state index contributed by atoms with van der Waals surface area (Å²) in [5.74, 6) is 0.743. The standard InChI is InChI=1S/C23H26FNO3/c1-2-3-14-25-19(11-13-23(25)27)10-12-22(26)17-6-4-8-20(15-17)28-21-9-5-7-18(24)16-21/h4-10,12,15-16,19,22,26H,2-3,11,13-14H2,1H3/b12-10+/t19-,22?/m0/s1. The van der Waals surface area contributed by atoms with Gasteiger partial charge in [0, 0.05) is 19.0 Å². The Balaban J connectivity index is 1.66. The molecule has 1 unspecified atom stereocenters. The van der Waals surface area contributed by atoms with Crippen molar-refractivity contribution in [3.8, 4) is 11.5 Å². The van der Waals surface area contributed by atoms with Crippen molar-refractivity contribution in [2.45, 2.75) is 44.8 Å². The quantitative estimate of drug-likeness (QED) is 0.653. The molecule has 2 aromatic carbocycles. The van der Waals surface area contributed by atoms with Gasteiger partial charge < -0.3 is 14.7 Å². The van der Waals surface area contributed by atoms with Crippen molar-refractivity contribution in [1.82, 2.24) is 4.90 Å². The van der Waals surface area contributed by atoms with Crippen LogP contribution in [0.1, 0.15) is 44.3 Å². The molecule has 28 heavy (non-hydrogen) atoms. The number of hydrogen-bond donors (Lipinski definition) is 1. The van der Waals surface area contributed by atoms with E-state index in [1.54, 1.807) is 36.4 Å². The number of ether oxygens (including phenoxy) is 1. The first-order valence-corrected chi connectivity index (χ1v) is 9.76. The highest BCUT2D eigenvalue weighted by Crippen LogP contribution is 2.27. The van der Waals surface area contributed by atoms with E-state index < -0.39 is 6.10 Å². The van der Waals surface area contributed by atoms with Crippen LogP contribution < -0.4 is 4.74 Å². The van der Waals surface area contributed by atoms with Gasteiger partial charge in [-0.1, -0.05) is 43.7 Å². The Morgan fingerprint density at radius 3 is 2.75 bits per heavy atom. The summed E-state index contributed by atoms with van der Waals surface area (Å²) in [4.78, 5) is 13.9. The molecular formula is C23H26FNO3. The van der Waals surface area contributed by atoms with E-state index in [0.29, 0.717) is 23.5 Å². The highest BCUT2D eigenvalue weighted by atomic mass is 19.1. The predicted octanol–water partition coefficient (Wildman–Crippen LogP) is 5.00. The van der Waals surface area contributed by atoms with Gasteiger partial charge in [0.2, 0.25) is 5.91 Å². The van der Waals surface area contributed by atoms with Gasteiger partial charge in [-0.05, 0) is 42.7 Å². The minimum atomic E-state index is -0.806. The smallest absolute Gasteiger partial charge is 0.223 e. The summed E-state index contributed by atoms with van der Waals surface area (Å²) in [5, 5.41) is 10.5. The normalized spacial score (nSPS) is 18.0. The summed E-state index contributed by atoms with van der Waals surface area (Å²) in [7, 11) is 0. The topological polar surface area (TPSA) is 49.8 Å². The molecule has 1 saturated heterocycles. The monoisotopic (exact) mass is 383 g/mol. The largest absolute Gasteiger partial charge is 0.457 e. The van der Waals surface area contributed by atoms with Crippen LogP contribution in [-0.4, -0.2) is 28.5 Å². The Bertz CT molecular complexity index is 836. The van der Waals surface area contributed by atoms with Gasteiger partial charge in [-0.3, -0.25) is 4.79 Å². The van der Waals surface area contributed by atoms with Crippen molar-refractivity contribution >= 4 is 5.91 Å². The molecule has 1 amide bonds. The van der Waals surface area contributed by atoms with Crippen LogP contribution in [-0.2, 0) is 4.79 Å². The third-order valence-corrected chi connectivity index (χ3v) is 4.87. The second-order valence-corrected chi connectivity index (χ2v) is 7.01. The van der Waals surface area contributed by atoms with Gasteiger partial charge in [-0.15, -0.1) is 0 Å². The summed E-state index contributed by atoms with van der Waals surface area (Å²) in [6.07, 6.45) is 6.22. The van der Waals surface area contributed by atoms with Gasteiger partial charge in [-0.25, -0.2) is 4.39 Å². The van der Waals surface area contributed by atoms with Crippen molar-refractivity contribution in [1.29, 1.82) is 0 Å². The summed E-state index contributed by atoms with van der Waals surface area (Å²) in [6.45, 7) is 2.87. The van der Waals surface area contributed by atoms with Crippen molar-refractivity contribution in [3.63, 3.8) is 0 Å². The van der Waals surface area contributed by atoms with Crippen LogP contribution in [0.4, 0.5) is 4.39 Å². The van der Waals surface area contributed by atoms with E-state index in [0.717, 1.165) is 25.8 Å². The molecule has 0 bridgehead atoms. The molecule has 1 heterocycles. The molecule has 3 rings (SSSR count). The molecule has 0 radical (unpaired) electrons. The number of benzene rings is 2. The van der Waals surface area contributed by atoms with Crippen LogP contribution in [0.15, 0.2) is 60.7 Å². The van der Waals surface area contributed by atoms with E-state index in [9.17, 15) is 14.3 Å². The average Bonchev–Trinajstić information content (AvgIpc) is 3.04. The van der Waals surface area contributed by atoms with Crippen LogP contribution in [0.3, 0.4) is 0 Å². The maximum absolute atomic E-state index is 13.3. The summed E-state index contributed by atoms with van der Waals surface area (Å²) in [5.41, 5.74) is 0.676. The zero-order valence-corrected chi connectivity index (χ0v) is 16.1. The second-order valence-electron chi connectivity index (χ2n) is 7.01. The van der Waals surface area contributed by atoms with Crippen LogP contribution in [0.5, 0.6) is 11.5 Å². The van der Waals surface area contributed by atoms with E-state index in [4.69, 9.17) is 4.74 Å². The molecule has 5 heteroatoms. The molecule has 1 N–H and O–H groups in total. The SMILES string of the molecule is CCCCN1C(=O)CC[C@@H]1/C=C/C(O)c1cccc(Oc2cccc(F)c2)c1. The van der Waals surface area contributed by atoms with Crippen LogP contribution in [0.2, 0.25) is 0 Å². The first-order valence-electron chi connectivity index (χ1n) is 9.76. The van der Waals surface area contributed by atoms with Crippen molar-refractivity contribution in [2.24, 2.45) is 0 Å². The average molecular weight is 383 g/mol. The minimum Gasteiger partial charge on any atom is -0.457 e. The van der Waals surface area contributed by atoms with Crippen LogP contribution in [0.25, 0.3) is 0 Å². The number of amides is 1. The van der Waals surface area contributed by atoms with Gasteiger partial charge in [0.25, 0.3) is 0 Å². The Hall–Kier alpha value is -2.66. The molecule has 148 valence electrons. The molecule has 0 aliphatic carbocycles. The first-order chi connectivity index (χ1) is 13.6. The molecule has 0 spiro atoms. The Labute approximate surface area is 165 Å². The molecule has 0 aromatic heterocycles. The van der Waals surface area contributed by atoms with Gasteiger partial charge in [0.05, 0.1) is 12.1 Å². The summed E-state index contributed by atoms with van der Waals surface area (Å²) < 4.78 is 19.0. The van der Waals surface area contributed by atoms with Gasteiger partial charge in [0.1, 0.15) is 17.3 Å². The third-order valence-electron chi connectivity index (χ3n) is 4.87. The first kappa shape index (κ1) is 20.1. The number of nitrogens with zero attached hydrogens (tertiary/aromatic N) is 1. The van der Waals surface area contributed by atoms with E-state index in [1.807, 2.05) is 17.0 Å². The van der Waals surface area contributed by atoms with E-state index in [-0.39, 0.29) is 17.8 Å². The van der Waals surface area contributed by atoms with Crippen LogP contribution in [0, 0.1) is 5.82 Å². The number of unbranched alkanes of at least 4 members (excludes halogenated alkanes) is 1. The maximum Gasteiger partial charge on any atom is 0.223 e. The molecule has 0 saturated carbocycles. The molecule has 2 aromatic rings. The Morgan fingerprint density at radius 2 is 2.00 bits per heavy atom. The molecule has 2 atom stereocenters. The number of carbonyl (C=O) groups excluding carboxylic acids is 1. The number of rotatable bonds is 8. The second kappa shape index (κ2) is 9.51. The zero-order chi connectivity index (χ0) is 19.9. The number of carbonyl (C=O) groups is 1. The summed E-state index contributed by atoms with van der Waals surface area (Å²) >= 11 is 0. The number of aliphatic hydroxyl groups excluding tert-OH is 1. The zero-order valence-electron chi connectivity index (χ0n) is 16.1.